The van der Waals surface area contributed by atoms with Gasteiger partial charge in [-0.2, -0.15) is 17.5 Å². The van der Waals surface area contributed by atoms with Gasteiger partial charge in [-0.3, -0.25) is 4.98 Å². The highest BCUT2D eigenvalue weighted by Gasteiger charge is 2.42. The van der Waals surface area contributed by atoms with Gasteiger partial charge in [0.25, 0.3) is 10.0 Å². The lowest BCUT2D eigenvalue weighted by Gasteiger charge is -2.22. The summed E-state index contributed by atoms with van der Waals surface area (Å²) in [6, 6.07) is 8.79. The summed E-state index contributed by atoms with van der Waals surface area (Å²) in [7, 11) is -2.24. The van der Waals surface area contributed by atoms with Crippen LogP contribution in [0, 0.1) is 0 Å². The lowest BCUT2D eigenvalue weighted by molar-refractivity contribution is -0.141. The third-order valence-corrected chi connectivity index (χ3v) is 7.34. The molecular weight excluding hydrogens is 467 g/mol. The first-order chi connectivity index (χ1) is 15.1. The van der Waals surface area contributed by atoms with Crippen molar-refractivity contribution in [2.45, 2.75) is 23.2 Å². The first kappa shape index (κ1) is 22.6. The molecule has 2 atom stereocenters. The Morgan fingerprint density at radius 2 is 1.91 bits per heavy atom. The molecule has 0 amide bonds. The largest absolute Gasteiger partial charge is 0.433 e. The smallest absolute Gasteiger partial charge is 0.380 e. The lowest BCUT2D eigenvalue weighted by Crippen LogP contribution is -2.32. The van der Waals surface area contributed by atoms with Crippen molar-refractivity contribution in [3.05, 3.63) is 71.4 Å². The Bertz CT molecular complexity index is 1230. The fourth-order valence-electron chi connectivity index (χ4n) is 3.74. The van der Waals surface area contributed by atoms with E-state index < -0.39 is 33.9 Å². The van der Waals surface area contributed by atoms with E-state index in [4.69, 9.17) is 11.6 Å². The van der Waals surface area contributed by atoms with E-state index in [0.29, 0.717) is 10.6 Å². The Balaban J connectivity index is 1.68. The summed E-state index contributed by atoms with van der Waals surface area (Å²) in [5.74, 6) is -0.398. The minimum atomic E-state index is -4.59. The Morgan fingerprint density at radius 1 is 1.16 bits per heavy atom. The van der Waals surface area contributed by atoms with Gasteiger partial charge in [0.1, 0.15) is 5.69 Å². The summed E-state index contributed by atoms with van der Waals surface area (Å²) in [6.07, 6.45) is -0.740. The molecule has 170 valence electrons. The van der Waals surface area contributed by atoms with Crippen LogP contribution in [0.1, 0.15) is 17.2 Å². The number of imidazole rings is 1. The van der Waals surface area contributed by atoms with Crippen molar-refractivity contribution in [2.75, 3.05) is 18.4 Å². The molecule has 3 heterocycles. The monoisotopic (exact) mass is 485 g/mol. The zero-order valence-corrected chi connectivity index (χ0v) is 18.4. The second-order valence-electron chi connectivity index (χ2n) is 7.51. The fraction of sp³-hybridized carbons (Fsp3) is 0.300. The molecule has 1 aromatic carbocycles. The van der Waals surface area contributed by atoms with Crippen molar-refractivity contribution in [2.24, 2.45) is 7.05 Å². The van der Waals surface area contributed by atoms with Crippen LogP contribution in [0.15, 0.2) is 60.1 Å². The predicted molar refractivity (Wildman–Crippen MR) is 113 cm³/mol. The molecule has 2 aromatic heterocycles. The first-order valence-electron chi connectivity index (χ1n) is 9.58. The molecule has 1 N–H and O–H groups in total. The predicted octanol–water partition coefficient (Wildman–Crippen LogP) is 3.76. The Hall–Kier alpha value is -2.63. The van der Waals surface area contributed by atoms with E-state index in [9.17, 15) is 21.6 Å². The second-order valence-corrected chi connectivity index (χ2v) is 9.80. The van der Waals surface area contributed by atoms with Crippen molar-refractivity contribution in [3.8, 4) is 0 Å². The number of hydrogen-bond acceptors (Lipinski definition) is 5. The van der Waals surface area contributed by atoms with Gasteiger partial charge in [0, 0.05) is 55.2 Å². The van der Waals surface area contributed by atoms with Gasteiger partial charge in [0.2, 0.25) is 0 Å². The van der Waals surface area contributed by atoms with Gasteiger partial charge in [0.05, 0.1) is 6.33 Å². The number of anilines is 1. The van der Waals surface area contributed by atoms with E-state index in [1.165, 1.54) is 27.5 Å². The molecule has 0 saturated carbocycles. The molecule has 32 heavy (non-hydrogen) atoms. The normalized spacial score (nSPS) is 19.9. The van der Waals surface area contributed by atoms with Crippen molar-refractivity contribution in [1.82, 2.24) is 18.8 Å². The van der Waals surface area contributed by atoms with E-state index >= 15 is 0 Å². The second kappa shape index (κ2) is 8.38. The highest BCUT2D eigenvalue weighted by Crippen LogP contribution is 2.37. The van der Waals surface area contributed by atoms with Crippen molar-refractivity contribution in [1.29, 1.82) is 0 Å². The molecule has 0 spiro atoms. The van der Waals surface area contributed by atoms with Crippen LogP contribution in [0.5, 0.6) is 0 Å². The van der Waals surface area contributed by atoms with Crippen LogP contribution in [0.3, 0.4) is 0 Å². The van der Waals surface area contributed by atoms with E-state index in [1.54, 1.807) is 31.3 Å². The maximum absolute atomic E-state index is 13.1. The molecule has 0 unspecified atom stereocenters. The van der Waals surface area contributed by atoms with E-state index in [1.807, 2.05) is 0 Å². The number of nitrogens with zero attached hydrogens (tertiary/aromatic N) is 4. The van der Waals surface area contributed by atoms with Crippen molar-refractivity contribution < 1.29 is 21.6 Å². The third kappa shape index (κ3) is 4.45. The molecule has 1 aliphatic heterocycles. The Labute approximate surface area is 187 Å². The highest BCUT2D eigenvalue weighted by atomic mass is 35.5. The number of aryl methyl sites for hydroxylation is 1. The van der Waals surface area contributed by atoms with Crippen LogP contribution in [-0.2, 0) is 23.2 Å². The molecule has 4 rings (SSSR count). The molecule has 1 aliphatic rings. The van der Waals surface area contributed by atoms with Crippen LogP contribution in [0.25, 0.3) is 0 Å². The number of sulfonamides is 1. The van der Waals surface area contributed by atoms with Crippen LogP contribution in [-0.4, -0.2) is 46.4 Å². The molecule has 0 radical (unpaired) electrons. The van der Waals surface area contributed by atoms with Crippen LogP contribution < -0.4 is 5.32 Å². The molecule has 0 bridgehead atoms. The topological polar surface area (TPSA) is 80.1 Å². The molecule has 12 heteroatoms. The summed E-state index contributed by atoms with van der Waals surface area (Å²) < 4.78 is 68.3. The lowest BCUT2D eigenvalue weighted by atomic mass is 9.94. The number of hydrogen-bond donors (Lipinski definition) is 1. The SMILES string of the molecule is Cn1cnc(S(=O)(=O)N2C[C@@H](Nc3ccnc(C(F)(F)F)c3)[C@H](c3ccccc3Cl)C2)c1. The fourth-order valence-corrected chi connectivity index (χ4v) is 5.48. The zero-order chi connectivity index (χ0) is 23.1. The maximum atomic E-state index is 13.1. The number of nitrogens with one attached hydrogen (secondary N) is 1. The molecule has 0 aliphatic carbocycles. The van der Waals surface area contributed by atoms with Crippen LogP contribution >= 0.6 is 11.6 Å². The summed E-state index contributed by atoms with van der Waals surface area (Å²) in [4.78, 5) is 7.32. The van der Waals surface area contributed by atoms with Gasteiger partial charge in [0.15, 0.2) is 5.03 Å². The molecule has 1 fully saturated rings. The summed E-state index contributed by atoms with van der Waals surface area (Å²) >= 11 is 6.37. The van der Waals surface area contributed by atoms with Gasteiger partial charge in [-0.05, 0) is 23.8 Å². The molecule has 7 nitrogen and oxygen atoms in total. The number of rotatable bonds is 5. The van der Waals surface area contributed by atoms with Gasteiger partial charge in [-0.25, -0.2) is 13.4 Å². The maximum Gasteiger partial charge on any atom is 0.433 e. The third-order valence-electron chi connectivity index (χ3n) is 5.28. The Morgan fingerprint density at radius 3 is 2.56 bits per heavy atom. The van der Waals surface area contributed by atoms with Crippen molar-refractivity contribution >= 4 is 27.3 Å². The van der Waals surface area contributed by atoms with Crippen molar-refractivity contribution in [3.63, 3.8) is 0 Å². The zero-order valence-electron chi connectivity index (χ0n) is 16.8. The first-order valence-corrected chi connectivity index (χ1v) is 11.4. The number of alkyl halides is 3. The minimum absolute atomic E-state index is 0.0263. The summed E-state index contributed by atoms with van der Waals surface area (Å²) in [5, 5.41) is 3.41. The average molecular weight is 486 g/mol. The van der Waals surface area contributed by atoms with Gasteiger partial charge >= 0.3 is 6.18 Å². The minimum Gasteiger partial charge on any atom is -0.380 e. The van der Waals surface area contributed by atoms with Crippen LogP contribution in [0.2, 0.25) is 5.02 Å². The Kier molecular flexibility index (Phi) is 5.91. The number of benzene rings is 1. The molecule has 1 saturated heterocycles. The summed E-state index contributed by atoms with van der Waals surface area (Å²) in [6.45, 7) is 0.121. The number of aromatic nitrogens is 3. The van der Waals surface area contributed by atoms with E-state index in [-0.39, 0.29) is 23.8 Å². The summed E-state index contributed by atoms with van der Waals surface area (Å²) in [5.41, 5.74) is -0.144. The standard InChI is InChI=1S/C20H19ClF3N5O2S/c1-28-11-19(26-12-28)32(30,31)29-9-15(14-4-2-3-5-16(14)21)17(10-29)27-13-6-7-25-18(8-13)20(22,23)24/h2-8,11-12,15,17H,9-10H2,1H3,(H,25,27)/t15-,17+/m0/s1. The number of halogens is 4. The average Bonchev–Trinajstić information content (AvgIpc) is 3.35. The quantitative estimate of drug-likeness (QED) is 0.595. The van der Waals surface area contributed by atoms with Crippen LogP contribution in [0.4, 0.5) is 18.9 Å². The van der Waals surface area contributed by atoms with Gasteiger partial charge in [-0.15, -0.1) is 0 Å². The van der Waals surface area contributed by atoms with Gasteiger partial charge in [-0.1, -0.05) is 29.8 Å². The molecular formula is C20H19ClF3N5O2S. The highest BCUT2D eigenvalue weighted by molar-refractivity contribution is 7.89. The molecule has 3 aromatic rings. The van der Waals surface area contributed by atoms with E-state index in [2.05, 4.69) is 15.3 Å². The van der Waals surface area contributed by atoms with E-state index in [0.717, 1.165) is 12.3 Å². The number of pyridine rings is 1. The van der Waals surface area contributed by atoms with Gasteiger partial charge < -0.3 is 9.88 Å².